The lowest BCUT2D eigenvalue weighted by Crippen LogP contribution is -2.40. The van der Waals surface area contributed by atoms with Gasteiger partial charge in [-0.2, -0.15) is 0 Å². The number of aryl methyl sites for hydroxylation is 1. The van der Waals surface area contributed by atoms with Crippen LogP contribution in [0.3, 0.4) is 0 Å². The number of amides is 1. The average Bonchev–Trinajstić information content (AvgIpc) is 2.77. The van der Waals surface area contributed by atoms with Crippen LogP contribution in [0.4, 0.5) is 5.69 Å². The van der Waals surface area contributed by atoms with Crippen molar-refractivity contribution in [3.63, 3.8) is 0 Å². The number of pyridine rings is 1. The van der Waals surface area contributed by atoms with Crippen molar-refractivity contribution in [1.82, 2.24) is 10.3 Å². The molecule has 31 heavy (non-hydrogen) atoms. The number of nitrogens with zero attached hydrogens (tertiary/aromatic N) is 2. The summed E-state index contributed by atoms with van der Waals surface area (Å²) >= 11 is 5.97. The summed E-state index contributed by atoms with van der Waals surface area (Å²) in [7, 11) is -2.72. The molecule has 7 nitrogen and oxygen atoms in total. The number of carbonyl (C=O) groups is 1. The van der Waals surface area contributed by atoms with Crippen LogP contribution in [0.5, 0.6) is 5.75 Å². The number of aromatic nitrogens is 1. The summed E-state index contributed by atoms with van der Waals surface area (Å²) < 4.78 is 33.5. The number of ether oxygens (including phenoxy) is 1. The summed E-state index contributed by atoms with van der Waals surface area (Å²) in [6.07, 6.45) is 1.62. The van der Waals surface area contributed by atoms with Gasteiger partial charge < -0.3 is 10.1 Å². The zero-order valence-corrected chi connectivity index (χ0v) is 18.7. The highest BCUT2D eigenvalue weighted by molar-refractivity contribution is 7.93. The SMILES string of the molecule is COc1ccc(C)cc1S(=O)(=O)N(CC(=O)NCc1ccccn1)c1ccc(Cl)cc1. The third kappa shape index (κ3) is 5.53. The first-order valence-electron chi connectivity index (χ1n) is 9.41. The minimum atomic E-state index is -4.12. The summed E-state index contributed by atoms with van der Waals surface area (Å²) in [5, 5.41) is 3.16. The maximum Gasteiger partial charge on any atom is 0.268 e. The van der Waals surface area contributed by atoms with Crippen molar-refractivity contribution in [3.05, 3.63) is 83.1 Å². The fraction of sp³-hybridized carbons (Fsp3) is 0.182. The molecule has 0 spiro atoms. The molecule has 0 unspecified atom stereocenters. The Labute approximate surface area is 186 Å². The van der Waals surface area contributed by atoms with Gasteiger partial charge >= 0.3 is 0 Å². The largest absolute Gasteiger partial charge is 0.495 e. The molecule has 3 aromatic rings. The maximum atomic E-state index is 13.6. The second-order valence-corrected chi connectivity index (χ2v) is 9.01. The quantitative estimate of drug-likeness (QED) is 0.556. The first-order valence-corrected chi connectivity index (χ1v) is 11.2. The molecule has 9 heteroatoms. The van der Waals surface area contributed by atoms with Crippen LogP contribution >= 0.6 is 11.6 Å². The second-order valence-electron chi connectivity index (χ2n) is 6.74. The zero-order chi connectivity index (χ0) is 22.4. The van der Waals surface area contributed by atoms with Crippen molar-refractivity contribution in [2.75, 3.05) is 18.0 Å². The van der Waals surface area contributed by atoms with Crippen molar-refractivity contribution in [2.45, 2.75) is 18.4 Å². The molecule has 162 valence electrons. The van der Waals surface area contributed by atoms with Gasteiger partial charge in [-0.1, -0.05) is 23.7 Å². The number of anilines is 1. The van der Waals surface area contributed by atoms with Crippen LogP contribution < -0.4 is 14.4 Å². The maximum absolute atomic E-state index is 13.6. The van der Waals surface area contributed by atoms with Gasteiger partial charge in [0.2, 0.25) is 5.91 Å². The number of nitrogens with one attached hydrogen (secondary N) is 1. The van der Waals surface area contributed by atoms with Gasteiger partial charge in [-0.25, -0.2) is 8.42 Å². The molecule has 0 radical (unpaired) electrons. The summed E-state index contributed by atoms with van der Waals surface area (Å²) in [5.74, 6) is -0.283. The molecule has 0 aliphatic heterocycles. The van der Waals surface area contributed by atoms with Crippen LogP contribution in [-0.2, 0) is 21.4 Å². The minimum absolute atomic E-state index is 0.0255. The van der Waals surface area contributed by atoms with Gasteiger partial charge in [0.15, 0.2) is 0 Å². The van der Waals surface area contributed by atoms with Crippen LogP contribution in [0.25, 0.3) is 0 Å². The van der Waals surface area contributed by atoms with Gasteiger partial charge in [-0.05, 0) is 61.0 Å². The topological polar surface area (TPSA) is 88.6 Å². The Balaban J connectivity index is 1.94. The number of rotatable bonds is 8. The highest BCUT2D eigenvalue weighted by Crippen LogP contribution is 2.31. The van der Waals surface area contributed by atoms with Crippen molar-refractivity contribution >= 4 is 33.2 Å². The molecule has 0 aliphatic rings. The van der Waals surface area contributed by atoms with E-state index in [0.29, 0.717) is 16.4 Å². The third-order valence-electron chi connectivity index (χ3n) is 4.48. The number of sulfonamides is 1. The molecule has 0 aliphatic carbocycles. The van der Waals surface area contributed by atoms with Crippen LogP contribution in [0, 0.1) is 6.92 Å². The zero-order valence-electron chi connectivity index (χ0n) is 17.1. The van der Waals surface area contributed by atoms with Gasteiger partial charge in [0.1, 0.15) is 17.2 Å². The Kier molecular flexibility index (Phi) is 7.14. The van der Waals surface area contributed by atoms with E-state index in [2.05, 4.69) is 10.3 Å². The average molecular weight is 460 g/mol. The first-order chi connectivity index (χ1) is 14.8. The highest BCUT2D eigenvalue weighted by Gasteiger charge is 2.30. The first kappa shape index (κ1) is 22.6. The molecule has 1 N–H and O–H groups in total. The lowest BCUT2D eigenvalue weighted by molar-refractivity contribution is -0.119. The van der Waals surface area contributed by atoms with Crippen molar-refractivity contribution in [3.8, 4) is 5.75 Å². The van der Waals surface area contributed by atoms with E-state index in [0.717, 1.165) is 9.87 Å². The van der Waals surface area contributed by atoms with E-state index in [4.69, 9.17) is 16.3 Å². The van der Waals surface area contributed by atoms with Crippen molar-refractivity contribution < 1.29 is 17.9 Å². The molecule has 2 aromatic carbocycles. The smallest absolute Gasteiger partial charge is 0.268 e. The Morgan fingerprint density at radius 2 is 1.87 bits per heavy atom. The van der Waals surface area contributed by atoms with Crippen LogP contribution in [-0.4, -0.2) is 33.0 Å². The van der Waals surface area contributed by atoms with Crippen LogP contribution in [0.1, 0.15) is 11.3 Å². The second kappa shape index (κ2) is 9.80. The molecular weight excluding hydrogens is 438 g/mol. The van der Waals surface area contributed by atoms with Gasteiger partial charge in [-0.3, -0.25) is 14.1 Å². The fourth-order valence-electron chi connectivity index (χ4n) is 2.90. The van der Waals surface area contributed by atoms with E-state index >= 15 is 0 Å². The Bertz CT molecular complexity index is 1150. The number of benzene rings is 2. The van der Waals surface area contributed by atoms with Gasteiger partial charge in [0, 0.05) is 11.2 Å². The number of hydrogen-bond acceptors (Lipinski definition) is 5. The number of methoxy groups -OCH3 is 1. The normalized spacial score (nSPS) is 11.1. The summed E-state index contributed by atoms with van der Waals surface area (Å²) in [5.41, 5.74) is 1.72. The van der Waals surface area contributed by atoms with Gasteiger partial charge in [-0.15, -0.1) is 0 Å². The number of carbonyl (C=O) groups excluding carboxylic acids is 1. The van der Waals surface area contributed by atoms with E-state index < -0.39 is 22.5 Å². The molecule has 1 heterocycles. The monoisotopic (exact) mass is 459 g/mol. The standard InChI is InChI=1S/C22H22ClN3O4S/c1-16-6-11-20(30-2)21(13-16)31(28,29)26(19-9-7-17(23)8-10-19)15-22(27)25-14-18-5-3-4-12-24-18/h3-13H,14-15H2,1-2H3,(H,25,27). The molecule has 0 bridgehead atoms. The van der Waals surface area contributed by atoms with Gasteiger partial charge in [0.05, 0.1) is 25.0 Å². The Hall–Kier alpha value is -3.10. The van der Waals surface area contributed by atoms with Crippen molar-refractivity contribution in [2.24, 2.45) is 0 Å². The van der Waals surface area contributed by atoms with E-state index in [-0.39, 0.29) is 17.2 Å². The fourth-order valence-corrected chi connectivity index (χ4v) is 4.70. The van der Waals surface area contributed by atoms with Gasteiger partial charge in [0.25, 0.3) is 10.0 Å². The Morgan fingerprint density at radius 1 is 1.13 bits per heavy atom. The molecule has 0 fully saturated rings. The molecule has 3 rings (SSSR count). The van der Waals surface area contributed by atoms with E-state index in [1.165, 1.54) is 13.2 Å². The van der Waals surface area contributed by atoms with E-state index in [1.54, 1.807) is 61.7 Å². The summed E-state index contributed by atoms with van der Waals surface area (Å²) in [4.78, 5) is 16.8. The Morgan fingerprint density at radius 3 is 2.52 bits per heavy atom. The lowest BCUT2D eigenvalue weighted by Gasteiger charge is -2.25. The minimum Gasteiger partial charge on any atom is -0.495 e. The van der Waals surface area contributed by atoms with E-state index in [1.807, 2.05) is 6.07 Å². The molecule has 1 amide bonds. The third-order valence-corrected chi connectivity index (χ3v) is 6.53. The van der Waals surface area contributed by atoms with E-state index in [9.17, 15) is 13.2 Å². The molecule has 0 saturated carbocycles. The molecule has 0 saturated heterocycles. The molecule has 1 aromatic heterocycles. The highest BCUT2D eigenvalue weighted by atomic mass is 35.5. The number of hydrogen-bond donors (Lipinski definition) is 1. The molecule has 0 atom stereocenters. The summed E-state index contributed by atoms with van der Waals surface area (Å²) in [6.45, 7) is 1.54. The van der Waals surface area contributed by atoms with Crippen LogP contribution in [0.2, 0.25) is 5.02 Å². The number of halogens is 1. The molecular formula is C22H22ClN3O4S. The summed E-state index contributed by atoms with van der Waals surface area (Å²) in [6, 6.07) is 16.4. The lowest BCUT2D eigenvalue weighted by atomic mass is 10.2. The predicted molar refractivity (Wildman–Crippen MR) is 120 cm³/mol. The van der Waals surface area contributed by atoms with Crippen LogP contribution in [0.15, 0.2) is 71.8 Å². The predicted octanol–water partition coefficient (Wildman–Crippen LogP) is 3.56. The van der Waals surface area contributed by atoms with Crippen molar-refractivity contribution in [1.29, 1.82) is 0 Å².